The maximum atomic E-state index is 12.3. The van der Waals surface area contributed by atoms with Crippen LogP contribution in [0, 0.1) is 0 Å². The average molecular weight is 576 g/mol. The highest BCUT2D eigenvalue weighted by atomic mass is 35.5. The van der Waals surface area contributed by atoms with Gasteiger partial charge >= 0.3 is 0 Å². The molecule has 2 aromatic heterocycles. The lowest BCUT2D eigenvalue weighted by Crippen LogP contribution is -2.42. The number of thiophene rings is 1. The second-order valence-corrected chi connectivity index (χ2v) is 10.8. The van der Waals surface area contributed by atoms with E-state index in [0.29, 0.717) is 23.0 Å². The number of rotatable bonds is 9. The molecule has 4 rings (SSSR count). The van der Waals surface area contributed by atoms with E-state index in [2.05, 4.69) is 31.8 Å². The molecule has 0 fully saturated rings. The number of halogens is 1. The zero-order chi connectivity index (χ0) is 27.1. The van der Waals surface area contributed by atoms with Crippen molar-refractivity contribution < 1.29 is 19.2 Å². The van der Waals surface area contributed by atoms with Crippen molar-refractivity contribution in [2.24, 2.45) is 0 Å². The van der Waals surface area contributed by atoms with Crippen molar-refractivity contribution in [2.45, 2.75) is 44.2 Å². The fraction of sp³-hybridized carbons (Fsp3) is 0.333. The van der Waals surface area contributed by atoms with Crippen molar-refractivity contribution in [2.75, 3.05) is 22.4 Å². The summed E-state index contributed by atoms with van der Waals surface area (Å²) in [6.45, 7) is 1.36. The van der Waals surface area contributed by atoms with E-state index in [-0.39, 0.29) is 23.4 Å². The quantitative estimate of drug-likeness (QED) is 0.174. The van der Waals surface area contributed by atoms with Crippen molar-refractivity contribution in [3.8, 4) is 0 Å². The van der Waals surface area contributed by atoms with Crippen LogP contribution in [0.25, 0.3) is 0 Å². The molecule has 3 aromatic rings. The van der Waals surface area contributed by atoms with Gasteiger partial charge in [-0.3, -0.25) is 35.5 Å². The number of hydrazine groups is 1. The minimum atomic E-state index is -0.462. The Kier molecular flexibility index (Phi) is 9.37. The fourth-order valence-corrected chi connectivity index (χ4v) is 6.07. The molecule has 200 valence electrons. The summed E-state index contributed by atoms with van der Waals surface area (Å²) in [6, 6.07) is 8.49. The van der Waals surface area contributed by atoms with E-state index < -0.39 is 11.8 Å². The number of nitrogens with zero attached hydrogens (tertiary/aromatic N) is 3. The maximum Gasteiger partial charge on any atom is 0.269 e. The first-order valence-corrected chi connectivity index (χ1v) is 14.2. The standard InChI is InChI=1S/C24H26ClN7O4S2/c1-14(33)31-32-19(11-17-16-9-5-6-10-18(16)38-23(17)26-20(34)12-25)27-30-24(32)37-13-21(35)28-29-22(36)15-7-3-2-4-8-15/h2-4,7-8H,5-6,9-13H2,1H3,(H,26,34)(H,28,35)(H,29,36)(H,31,33). The van der Waals surface area contributed by atoms with Crippen LogP contribution in [0.1, 0.15) is 52.0 Å². The molecule has 2 heterocycles. The first kappa shape index (κ1) is 27.6. The summed E-state index contributed by atoms with van der Waals surface area (Å²) >= 11 is 8.31. The van der Waals surface area contributed by atoms with Crippen molar-refractivity contribution in [3.05, 3.63) is 57.7 Å². The number of amides is 4. The lowest BCUT2D eigenvalue weighted by molar-refractivity contribution is -0.119. The van der Waals surface area contributed by atoms with Gasteiger partial charge in [0, 0.05) is 23.8 Å². The van der Waals surface area contributed by atoms with E-state index in [9.17, 15) is 19.2 Å². The number of benzene rings is 1. The van der Waals surface area contributed by atoms with Gasteiger partial charge in [0.15, 0.2) is 5.82 Å². The lowest BCUT2D eigenvalue weighted by Gasteiger charge is -2.14. The normalized spacial score (nSPS) is 12.4. The van der Waals surface area contributed by atoms with E-state index in [1.807, 2.05) is 0 Å². The monoisotopic (exact) mass is 575 g/mol. The summed E-state index contributed by atoms with van der Waals surface area (Å²) in [5, 5.41) is 12.4. The van der Waals surface area contributed by atoms with Gasteiger partial charge in [0.2, 0.25) is 22.9 Å². The summed E-state index contributed by atoms with van der Waals surface area (Å²) in [5.41, 5.74) is 9.97. The topological polar surface area (TPSA) is 147 Å². The van der Waals surface area contributed by atoms with Crippen LogP contribution < -0.4 is 21.6 Å². The average Bonchev–Trinajstić information content (AvgIpc) is 3.46. The predicted molar refractivity (Wildman–Crippen MR) is 146 cm³/mol. The number of hydrogen-bond donors (Lipinski definition) is 4. The lowest BCUT2D eigenvalue weighted by atomic mass is 9.94. The van der Waals surface area contributed by atoms with Crippen molar-refractivity contribution in [3.63, 3.8) is 0 Å². The number of hydrogen-bond acceptors (Lipinski definition) is 8. The molecular weight excluding hydrogens is 550 g/mol. The van der Waals surface area contributed by atoms with Crippen LogP contribution >= 0.6 is 34.7 Å². The first-order chi connectivity index (χ1) is 18.4. The largest absolute Gasteiger partial charge is 0.316 e. The van der Waals surface area contributed by atoms with Gasteiger partial charge in [0.05, 0.1) is 10.8 Å². The number of anilines is 1. The summed E-state index contributed by atoms with van der Waals surface area (Å²) in [4.78, 5) is 49.7. The van der Waals surface area contributed by atoms with Gasteiger partial charge in [0.25, 0.3) is 5.91 Å². The van der Waals surface area contributed by atoms with Crippen LogP contribution in [0.15, 0.2) is 35.5 Å². The van der Waals surface area contributed by atoms with Crippen LogP contribution in [0.3, 0.4) is 0 Å². The Morgan fingerprint density at radius 2 is 1.82 bits per heavy atom. The SMILES string of the molecule is CC(=O)Nn1c(Cc2c(NC(=O)CCl)sc3c2CCCC3)nnc1SCC(=O)NNC(=O)c1ccccc1. The Bertz CT molecular complexity index is 1340. The van der Waals surface area contributed by atoms with E-state index in [0.717, 1.165) is 48.0 Å². The number of alkyl halides is 1. The zero-order valence-corrected chi connectivity index (χ0v) is 22.9. The molecule has 0 unspecified atom stereocenters. The highest BCUT2D eigenvalue weighted by molar-refractivity contribution is 7.99. The maximum absolute atomic E-state index is 12.3. The van der Waals surface area contributed by atoms with Crippen molar-refractivity contribution in [1.29, 1.82) is 0 Å². The Labute approximate surface area is 232 Å². The fourth-order valence-electron chi connectivity index (χ4n) is 3.97. The number of fused-ring (bicyclic) bond motifs is 1. The minimum Gasteiger partial charge on any atom is -0.316 e. The third-order valence-electron chi connectivity index (χ3n) is 5.64. The first-order valence-electron chi connectivity index (χ1n) is 11.8. The number of aromatic nitrogens is 3. The van der Waals surface area contributed by atoms with Crippen LogP contribution in [0.4, 0.5) is 5.00 Å². The van der Waals surface area contributed by atoms with Crippen LogP contribution in [-0.4, -0.2) is 50.1 Å². The Morgan fingerprint density at radius 3 is 2.55 bits per heavy atom. The van der Waals surface area contributed by atoms with Crippen LogP contribution in [0.5, 0.6) is 0 Å². The highest BCUT2D eigenvalue weighted by Crippen LogP contribution is 2.39. The number of aryl methyl sites for hydroxylation is 1. The van der Waals surface area contributed by atoms with Crippen LogP contribution in [0.2, 0.25) is 0 Å². The molecule has 14 heteroatoms. The molecule has 0 bridgehead atoms. The van der Waals surface area contributed by atoms with E-state index in [1.54, 1.807) is 41.7 Å². The molecule has 0 spiro atoms. The number of carbonyl (C=O) groups excluding carboxylic acids is 4. The Hall–Kier alpha value is -3.42. The number of thioether (sulfide) groups is 1. The Morgan fingerprint density at radius 1 is 1.05 bits per heavy atom. The second kappa shape index (κ2) is 12.9. The third-order valence-corrected chi connectivity index (χ3v) is 8.06. The number of nitrogens with one attached hydrogen (secondary N) is 4. The molecule has 4 amide bonds. The smallest absolute Gasteiger partial charge is 0.269 e. The molecule has 0 saturated heterocycles. The summed E-state index contributed by atoms with van der Waals surface area (Å²) in [7, 11) is 0. The molecule has 38 heavy (non-hydrogen) atoms. The molecule has 0 saturated carbocycles. The van der Waals surface area contributed by atoms with Gasteiger partial charge < -0.3 is 5.32 Å². The van der Waals surface area contributed by atoms with Crippen molar-refractivity contribution in [1.82, 2.24) is 25.7 Å². The minimum absolute atomic E-state index is 0.0856. The highest BCUT2D eigenvalue weighted by Gasteiger charge is 2.25. The summed E-state index contributed by atoms with van der Waals surface area (Å²) < 4.78 is 1.45. The summed E-state index contributed by atoms with van der Waals surface area (Å²) in [6.07, 6.45) is 4.29. The molecule has 0 aliphatic heterocycles. The molecule has 0 atom stereocenters. The number of carbonyl (C=O) groups is 4. The van der Waals surface area contributed by atoms with Gasteiger partial charge in [-0.25, -0.2) is 4.68 Å². The van der Waals surface area contributed by atoms with Crippen LogP contribution in [-0.2, 0) is 33.6 Å². The zero-order valence-electron chi connectivity index (χ0n) is 20.5. The molecule has 0 radical (unpaired) electrons. The van der Waals surface area contributed by atoms with Gasteiger partial charge in [-0.1, -0.05) is 30.0 Å². The molecule has 1 aromatic carbocycles. The van der Waals surface area contributed by atoms with Gasteiger partial charge in [-0.2, -0.15) is 0 Å². The molecular formula is C24H26ClN7O4S2. The molecule has 1 aliphatic rings. The predicted octanol–water partition coefficient (Wildman–Crippen LogP) is 2.63. The Balaban J connectivity index is 1.47. The van der Waals surface area contributed by atoms with Gasteiger partial charge in [0.1, 0.15) is 5.88 Å². The molecule has 4 N–H and O–H groups in total. The third kappa shape index (κ3) is 6.91. The van der Waals surface area contributed by atoms with E-state index in [1.165, 1.54) is 22.0 Å². The second-order valence-electron chi connectivity index (χ2n) is 8.44. The molecule has 11 nitrogen and oxygen atoms in total. The molecule has 1 aliphatic carbocycles. The van der Waals surface area contributed by atoms with E-state index >= 15 is 0 Å². The van der Waals surface area contributed by atoms with E-state index in [4.69, 9.17) is 11.6 Å². The van der Waals surface area contributed by atoms with Gasteiger partial charge in [-0.05, 0) is 48.9 Å². The van der Waals surface area contributed by atoms with Crippen molar-refractivity contribution >= 4 is 63.3 Å². The summed E-state index contributed by atoms with van der Waals surface area (Å²) in [5.74, 6) is -1.32. The van der Waals surface area contributed by atoms with Gasteiger partial charge in [-0.15, -0.1) is 33.1 Å².